The van der Waals surface area contributed by atoms with Crippen molar-refractivity contribution in [1.29, 1.82) is 0 Å². The van der Waals surface area contributed by atoms with Crippen LogP contribution in [0.4, 0.5) is 0 Å². The summed E-state index contributed by atoms with van der Waals surface area (Å²) in [7, 11) is 0. The molecule has 0 aliphatic rings. The van der Waals surface area contributed by atoms with Crippen LogP contribution in [0.25, 0.3) is 0 Å². The van der Waals surface area contributed by atoms with E-state index >= 15 is 0 Å². The molecule has 0 aromatic carbocycles. The topological polar surface area (TPSA) is 37.3 Å². The van der Waals surface area contributed by atoms with Crippen molar-refractivity contribution in [1.82, 2.24) is 0 Å². The van der Waals surface area contributed by atoms with E-state index in [2.05, 4.69) is 76.2 Å². The Hall–Kier alpha value is -0.530. The third-order valence-corrected chi connectivity index (χ3v) is 13.3. The number of hydrogen-bond acceptors (Lipinski definition) is 1. The van der Waals surface area contributed by atoms with Gasteiger partial charge in [0, 0.05) is 6.42 Å². The summed E-state index contributed by atoms with van der Waals surface area (Å²) in [6, 6.07) is 0. The van der Waals surface area contributed by atoms with Gasteiger partial charge >= 0.3 is 5.97 Å². The second-order valence-corrected chi connectivity index (χ2v) is 21.0. The molecule has 0 spiro atoms. The SMILES string of the molecule is CCCCCCCCCC.CCCCCCCCCC.CCCCCCCCCC.CCCCCCCCCC.CCCCCCCCCC.CCCCCCCCCCCCCCCC(=O)O. The predicted molar refractivity (Wildman–Crippen MR) is 319 cm³/mol. The molecule has 2 heteroatoms. The quantitative estimate of drug-likeness (QED) is 0.0617. The first-order valence-electron chi connectivity index (χ1n) is 32.6. The van der Waals surface area contributed by atoms with Gasteiger partial charge in [-0.25, -0.2) is 0 Å². The van der Waals surface area contributed by atoms with E-state index in [0.29, 0.717) is 6.42 Å². The standard InChI is InChI=1S/C16H32O2.5C10H22/c1-2-3-4-5-6-7-8-9-10-11-12-13-14-15-16(17)18;5*1-3-5-7-9-10-8-6-4-2/h2-15H2,1H3,(H,17,18);5*3-10H2,1-2H3. The van der Waals surface area contributed by atoms with E-state index < -0.39 is 5.97 Å². The normalized spacial score (nSPS) is 10.3. The van der Waals surface area contributed by atoms with Crippen LogP contribution < -0.4 is 0 Å². The van der Waals surface area contributed by atoms with Crippen LogP contribution in [0.15, 0.2) is 0 Å². The molecule has 0 bridgehead atoms. The Balaban J connectivity index is -0.000000173. The maximum absolute atomic E-state index is 10.3. The fourth-order valence-corrected chi connectivity index (χ4v) is 8.33. The molecule has 68 heavy (non-hydrogen) atoms. The van der Waals surface area contributed by atoms with E-state index in [0.717, 1.165) is 12.8 Å². The van der Waals surface area contributed by atoms with E-state index in [1.807, 2.05) is 0 Å². The van der Waals surface area contributed by atoms with Crippen molar-refractivity contribution in [2.75, 3.05) is 0 Å². The average molecular weight is 968 g/mol. The molecule has 1 N–H and O–H groups in total. The van der Waals surface area contributed by atoms with Gasteiger partial charge in [-0.1, -0.05) is 410 Å². The highest BCUT2D eigenvalue weighted by molar-refractivity contribution is 5.66. The van der Waals surface area contributed by atoms with Crippen molar-refractivity contribution in [2.24, 2.45) is 0 Å². The van der Waals surface area contributed by atoms with Gasteiger partial charge in [-0.3, -0.25) is 4.79 Å². The summed E-state index contributed by atoms with van der Waals surface area (Å²) in [6.07, 6.45) is 74.6. The molecule has 0 aromatic rings. The highest BCUT2D eigenvalue weighted by Crippen LogP contribution is 2.14. The summed E-state index contributed by atoms with van der Waals surface area (Å²) in [5, 5.41) is 8.49. The van der Waals surface area contributed by atoms with E-state index in [4.69, 9.17) is 5.11 Å². The monoisotopic (exact) mass is 967 g/mol. The highest BCUT2D eigenvalue weighted by atomic mass is 16.4. The van der Waals surface area contributed by atoms with Crippen LogP contribution in [0, 0.1) is 0 Å². The lowest BCUT2D eigenvalue weighted by Crippen LogP contribution is -1.93. The van der Waals surface area contributed by atoms with Crippen LogP contribution in [-0.4, -0.2) is 11.1 Å². The lowest BCUT2D eigenvalue weighted by Gasteiger charge is -2.02. The first-order chi connectivity index (χ1) is 33.3. The molecule has 0 saturated heterocycles. The fraction of sp³-hybridized carbons (Fsp3) is 0.985. The van der Waals surface area contributed by atoms with Gasteiger partial charge in [-0.15, -0.1) is 0 Å². The molecular weight excluding hydrogens is 825 g/mol. The van der Waals surface area contributed by atoms with Gasteiger partial charge in [0.1, 0.15) is 0 Å². The summed E-state index contributed by atoms with van der Waals surface area (Å²) >= 11 is 0. The molecule has 0 heterocycles. The summed E-state index contributed by atoms with van der Waals surface area (Å²) < 4.78 is 0. The fourth-order valence-electron chi connectivity index (χ4n) is 8.33. The van der Waals surface area contributed by atoms with Crippen LogP contribution in [0.2, 0.25) is 0 Å². The smallest absolute Gasteiger partial charge is 0.303 e. The Morgan fingerprint density at radius 3 is 0.353 bits per heavy atom. The number of unbranched alkanes of at least 4 members (excludes halogenated alkanes) is 47. The Morgan fingerprint density at radius 1 is 0.176 bits per heavy atom. The molecule has 0 fully saturated rings. The minimum atomic E-state index is -0.655. The molecule has 0 aliphatic carbocycles. The van der Waals surface area contributed by atoms with Crippen LogP contribution >= 0.6 is 0 Å². The van der Waals surface area contributed by atoms with E-state index in [-0.39, 0.29) is 0 Å². The lowest BCUT2D eigenvalue weighted by atomic mass is 10.0. The average Bonchev–Trinajstić information content (AvgIpc) is 3.34. The summed E-state index contributed by atoms with van der Waals surface area (Å²) in [4.78, 5) is 10.3. The zero-order valence-electron chi connectivity index (χ0n) is 50.5. The Bertz CT molecular complexity index is 585. The third-order valence-electron chi connectivity index (χ3n) is 13.3. The zero-order chi connectivity index (χ0) is 51.8. The molecule has 418 valence electrons. The van der Waals surface area contributed by atoms with E-state index in [1.165, 1.54) is 327 Å². The number of hydrogen-bond donors (Lipinski definition) is 1. The van der Waals surface area contributed by atoms with Crippen LogP contribution in [-0.2, 0) is 4.79 Å². The second-order valence-electron chi connectivity index (χ2n) is 21.0. The molecule has 2 nitrogen and oxygen atoms in total. The molecule has 0 amide bonds. The molecule has 0 aliphatic heterocycles. The summed E-state index contributed by atoms with van der Waals surface area (Å²) in [5.74, 6) is -0.655. The summed E-state index contributed by atoms with van der Waals surface area (Å²) in [6.45, 7) is 25.0. The van der Waals surface area contributed by atoms with Gasteiger partial charge in [0.25, 0.3) is 0 Å². The van der Waals surface area contributed by atoms with Crippen LogP contribution in [0.5, 0.6) is 0 Å². The molecule has 0 atom stereocenters. The number of rotatable bonds is 49. The van der Waals surface area contributed by atoms with Gasteiger partial charge in [0.15, 0.2) is 0 Å². The van der Waals surface area contributed by atoms with Gasteiger partial charge < -0.3 is 5.11 Å². The first kappa shape index (κ1) is 78.9. The number of aliphatic carboxylic acids is 1. The molecule has 0 rings (SSSR count). The predicted octanol–water partition coefficient (Wildman–Crippen LogP) is 26.3. The minimum absolute atomic E-state index is 0.345. The lowest BCUT2D eigenvalue weighted by molar-refractivity contribution is -0.137. The zero-order valence-corrected chi connectivity index (χ0v) is 50.5. The molecule has 0 saturated carbocycles. The third kappa shape index (κ3) is 111. The van der Waals surface area contributed by atoms with Gasteiger partial charge in [0.2, 0.25) is 0 Å². The van der Waals surface area contributed by atoms with Crippen LogP contribution in [0.3, 0.4) is 0 Å². The van der Waals surface area contributed by atoms with Gasteiger partial charge in [-0.05, 0) is 6.42 Å². The van der Waals surface area contributed by atoms with Crippen molar-refractivity contribution >= 4 is 5.97 Å². The molecular formula is C66H142O2. The largest absolute Gasteiger partial charge is 0.481 e. The molecule has 0 radical (unpaired) electrons. The van der Waals surface area contributed by atoms with Crippen LogP contribution in [0.1, 0.15) is 423 Å². The molecule has 0 unspecified atom stereocenters. The van der Waals surface area contributed by atoms with Crippen molar-refractivity contribution in [3.63, 3.8) is 0 Å². The van der Waals surface area contributed by atoms with Crippen molar-refractivity contribution in [2.45, 2.75) is 423 Å². The maximum atomic E-state index is 10.3. The maximum Gasteiger partial charge on any atom is 0.303 e. The Labute approximate surface area is 436 Å². The summed E-state index contributed by atoms with van der Waals surface area (Å²) in [5.41, 5.74) is 0. The van der Waals surface area contributed by atoms with Gasteiger partial charge in [0.05, 0.1) is 0 Å². The van der Waals surface area contributed by atoms with Crippen molar-refractivity contribution in [3.05, 3.63) is 0 Å². The molecule has 0 aromatic heterocycles. The number of carboxylic acids is 1. The number of carbonyl (C=O) groups is 1. The van der Waals surface area contributed by atoms with E-state index in [1.54, 1.807) is 0 Å². The minimum Gasteiger partial charge on any atom is -0.481 e. The highest BCUT2D eigenvalue weighted by Gasteiger charge is 1.97. The van der Waals surface area contributed by atoms with Gasteiger partial charge in [-0.2, -0.15) is 0 Å². The van der Waals surface area contributed by atoms with E-state index in [9.17, 15) is 4.79 Å². The number of carboxylic acid groups (broad SMARTS) is 1. The second kappa shape index (κ2) is 89.3. The van der Waals surface area contributed by atoms with Crippen molar-refractivity contribution < 1.29 is 9.90 Å². The van der Waals surface area contributed by atoms with Crippen molar-refractivity contribution in [3.8, 4) is 0 Å². The Morgan fingerprint density at radius 2 is 0.265 bits per heavy atom. The first-order valence-corrected chi connectivity index (χ1v) is 32.6. The Kier molecular flexibility index (Phi) is 104.